The van der Waals surface area contributed by atoms with E-state index in [-0.39, 0.29) is 11.3 Å². The Morgan fingerprint density at radius 3 is 2.19 bits per heavy atom. The minimum atomic E-state index is -4.44. The number of hydrogen-bond acceptors (Lipinski definition) is 3. The summed E-state index contributed by atoms with van der Waals surface area (Å²) in [6, 6.07) is 14.5. The lowest BCUT2D eigenvalue weighted by Crippen LogP contribution is -2.38. The third-order valence-corrected chi connectivity index (χ3v) is 8.93. The van der Waals surface area contributed by atoms with E-state index in [0.717, 1.165) is 85.2 Å². The minimum absolute atomic E-state index is 0.105. The second-order valence-corrected chi connectivity index (χ2v) is 11.3. The fourth-order valence-corrected chi connectivity index (χ4v) is 6.90. The molecule has 3 aliphatic carbocycles. The van der Waals surface area contributed by atoms with Crippen LogP contribution in [0.5, 0.6) is 0 Å². The number of nitrogens with zero attached hydrogens (tertiary/aromatic N) is 1. The Morgan fingerprint density at radius 2 is 1.59 bits per heavy atom. The third-order valence-electron chi connectivity index (χ3n) is 8.93. The van der Waals surface area contributed by atoms with Crippen LogP contribution in [-0.4, -0.2) is 15.2 Å². The molecule has 0 bridgehead atoms. The average molecular weight is 508 g/mol. The van der Waals surface area contributed by atoms with Crippen molar-refractivity contribution in [1.82, 2.24) is 4.98 Å². The molecule has 2 fully saturated rings. The number of aliphatic hydroxyl groups is 2. The first-order chi connectivity index (χ1) is 17.8. The largest absolute Gasteiger partial charge is 0.416 e. The molecule has 0 amide bonds. The highest BCUT2D eigenvalue weighted by Crippen LogP contribution is 2.56. The number of aliphatic hydroxyl groups excluding tert-OH is 2. The summed E-state index contributed by atoms with van der Waals surface area (Å²) in [5, 5.41) is 23.3. The molecule has 0 unspecified atom stereocenters. The molecule has 37 heavy (non-hydrogen) atoms. The predicted octanol–water partition coefficient (Wildman–Crippen LogP) is 7.66. The van der Waals surface area contributed by atoms with Crippen LogP contribution in [0.2, 0.25) is 0 Å². The molecule has 0 radical (unpaired) electrons. The smallest absolute Gasteiger partial charge is 0.388 e. The van der Waals surface area contributed by atoms with Crippen LogP contribution < -0.4 is 0 Å². The molecule has 2 aromatic carbocycles. The van der Waals surface area contributed by atoms with Crippen molar-refractivity contribution in [1.29, 1.82) is 0 Å². The highest BCUT2D eigenvalue weighted by molar-refractivity contribution is 5.75. The van der Waals surface area contributed by atoms with E-state index in [0.29, 0.717) is 17.5 Å². The highest BCUT2D eigenvalue weighted by atomic mass is 19.4. The molecule has 1 heterocycles. The van der Waals surface area contributed by atoms with E-state index < -0.39 is 23.9 Å². The van der Waals surface area contributed by atoms with E-state index >= 15 is 0 Å². The van der Waals surface area contributed by atoms with E-state index in [1.54, 1.807) is 0 Å². The van der Waals surface area contributed by atoms with E-state index in [9.17, 15) is 23.4 Å². The summed E-state index contributed by atoms with van der Waals surface area (Å²) in [7, 11) is 0. The summed E-state index contributed by atoms with van der Waals surface area (Å²) in [5.41, 5.74) is 4.67. The molecule has 6 rings (SSSR count). The fourth-order valence-electron chi connectivity index (χ4n) is 6.90. The zero-order valence-corrected chi connectivity index (χ0v) is 20.8. The summed E-state index contributed by atoms with van der Waals surface area (Å²) in [4.78, 5) is 5.21. The van der Waals surface area contributed by atoms with Gasteiger partial charge in [0.15, 0.2) is 0 Å². The molecular formula is C31H32F3NO2. The highest BCUT2D eigenvalue weighted by Gasteiger charge is 2.46. The van der Waals surface area contributed by atoms with Gasteiger partial charge in [0.1, 0.15) is 6.10 Å². The molecule has 2 atom stereocenters. The van der Waals surface area contributed by atoms with Crippen molar-refractivity contribution in [3.05, 3.63) is 88.2 Å². The van der Waals surface area contributed by atoms with Gasteiger partial charge < -0.3 is 10.2 Å². The number of benzene rings is 2. The van der Waals surface area contributed by atoms with E-state index in [1.807, 2.05) is 30.3 Å². The predicted molar refractivity (Wildman–Crippen MR) is 136 cm³/mol. The van der Waals surface area contributed by atoms with Crippen molar-refractivity contribution in [2.75, 3.05) is 0 Å². The Bertz CT molecular complexity index is 1280. The lowest BCUT2D eigenvalue weighted by Gasteiger charge is -2.47. The first-order valence-electron chi connectivity index (χ1n) is 13.4. The van der Waals surface area contributed by atoms with Gasteiger partial charge in [-0.15, -0.1) is 0 Å². The summed E-state index contributed by atoms with van der Waals surface area (Å²) >= 11 is 0. The molecule has 1 spiro atoms. The van der Waals surface area contributed by atoms with Gasteiger partial charge in [-0.3, -0.25) is 4.98 Å². The van der Waals surface area contributed by atoms with Crippen molar-refractivity contribution in [3.8, 4) is 11.1 Å². The molecule has 0 saturated heterocycles. The standard InChI is InChI=1S/C31H32F3NO2/c32-31(33,34)22-13-11-21(12-14-22)29(37)27-25(19-7-2-1-3-8-19)26-23(35-28(27)20-9-4-5-10-20)17-30(15-6-16-30)18-24(26)36/h1-3,7-8,11-14,20,24,29,36-37H,4-6,9-10,15-18H2/t24-,29+/m0/s1. The number of hydrogen-bond donors (Lipinski definition) is 2. The second-order valence-electron chi connectivity index (χ2n) is 11.3. The monoisotopic (exact) mass is 507 g/mol. The van der Waals surface area contributed by atoms with Gasteiger partial charge in [-0.25, -0.2) is 0 Å². The summed E-state index contributed by atoms with van der Waals surface area (Å²) in [6.45, 7) is 0. The summed E-state index contributed by atoms with van der Waals surface area (Å²) in [5.74, 6) is 0.184. The van der Waals surface area contributed by atoms with Gasteiger partial charge in [-0.05, 0) is 72.8 Å². The van der Waals surface area contributed by atoms with Crippen LogP contribution in [0.25, 0.3) is 11.1 Å². The van der Waals surface area contributed by atoms with Crippen molar-refractivity contribution in [3.63, 3.8) is 0 Å². The molecule has 2 N–H and O–H groups in total. The summed E-state index contributed by atoms with van der Waals surface area (Å²) < 4.78 is 39.7. The topological polar surface area (TPSA) is 53.4 Å². The van der Waals surface area contributed by atoms with Crippen molar-refractivity contribution in [2.24, 2.45) is 5.41 Å². The number of fused-ring (bicyclic) bond motifs is 1. The molecule has 2 saturated carbocycles. The van der Waals surface area contributed by atoms with Gasteiger partial charge in [0.2, 0.25) is 0 Å². The molecule has 3 aromatic rings. The molecule has 194 valence electrons. The molecule has 0 aliphatic heterocycles. The number of halogens is 3. The lowest BCUT2D eigenvalue weighted by molar-refractivity contribution is -0.137. The average Bonchev–Trinajstić information content (AvgIpc) is 3.41. The number of aromatic nitrogens is 1. The lowest BCUT2D eigenvalue weighted by atomic mass is 9.59. The third kappa shape index (κ3) is 4.38. The van der Waals surface area contributed by atoms with Gasteiger partial charge in [-0.2, -0.15) is 13.2 Å². The van der Waals surface area contributed by atoms with E-state index in [1.165, 1.54) is 18.6 Å². The van der Waals surface area contributed by atoms with Crippen LogP contribution in [-0.2, 0) is 12.6 Å². The maximum atomic E-state index is 13.2. The van der Waals surface area contributed by atoms with Crippen LogP contribution in [0.4, 0.5) is 13.2 Å². The van der Waals surface area contributed by atoms with Crippen molar-refractivity contribution in [2.45, 2.75) is 82.1 Å². The normalized spacial score (nSPS) is 22.0. The molecular weight excluding hydrogens is 475 g/mol. The van der Waals surface area contributed by atoms with Gasteiger partial charge >= 0.3 is 6.18 Å². The fraction of sp³-hybridized carbons (Fsp3) is 0.452. The van der Waals surface area contributed by atoms with Crippen molar-refractivity contribution < 1.29 is 23.4 Å². The second kappa shape index (κ2) is 9.25. The zero-order chi connectivity index (χ0) is 25.8. The Morgan fingerprint density at radius 1 is 0.919 bits per heavy atom. The first-order valence-corrected chi connectivity index (χ1v) is 13.4. The Balaban J connectivity index is 1.57. The molecule has 3 nitrogen and oxygen atoms in total. The minimum Gasteiger partial charge on any atom is -0.388 e. The summed E-state index contributed by atoms with van der Waals surface area (Å²) in [6.07, 6.45) is 2.72. The number of pyridine rings is 1. The van der Waals surface area contributed by atoms with Gasteiger partial charge in [0, 0.05) is 22.7 Å². The Kier molecular flexibility index (Phi) is 6.15. The quantitative estimate of drug-likeness (QED) is 0.381. The Labute approximate surface area is 215 Å². The van der Waals surface area contributed by atoms with Crippen LogP contribution >= 0.6 is 0 Å². The van der Waals surface area contributed by atoms with Gasteiger partial charge in [0.25, 0.3) is 0 Å². The molecule has 3 aliphatic rings. The number of alkyl halides is 3. The number of rotatable bonds is 4. The maximum Gasteiger partial charge on any atom is 0.416 e. The maximum absolute atomic E-state index is 13.2. The van der Waals surface area contributed by atoms with Gasteiger partial charge in [0.05, 0.1) is 17.4 Å². The Hall–Kier alpha value is -2.70. The van der Waals surface area contributed by atoms with Gasteiger partial charge in [-0.1, -0.05) is 61.7 Å². The molecule has 6 heteroatoms. The SMILES string of the molecule is O[C@H](c1ccc(C(F)(F)F)cc1)c1c(C2CCCC2)nc2c(c1-c1ccccc1)[C@@H](O)CC1(CCC1)C2. The van der Waals surface area contributed by atoms with Crippen LogP contribution in [0.3, 0.4) is 0 Å². The zero-order valence-electron chi connectivity index (χ0n) is 20.8. The van der Waals surface area contributed by atoms with Crippen LogP contribution in [0, 0.1) is 5.41 Å². The first kappa shape index (κ1) is 24.6. The van der Waals surface area contributed by atoms with E-state index in [2.05, 4.69) is 0 Å². The molecule has 1 aromatic heterocycles. The van der Waals surface area contributed by atoms with E-state index in [4.69, 9.17) is 4.98 Å². The van der Waals surface area contributed by atoms with Crippen LogP contribution in [0.15, 0.2) is 54.6 Å². The van der Waals surface area contributed by atoms with Crippen molar-refractivity contribution >= 4 is 0 Å². The van der Waals surface area contributed by atoms with Crippen LogP contribution in [0.1, 0.15) is 103 Å².